The second kappa shape index (κ2) is 8.78. The summed E-state index contributed by atoms with van der Waals surface area (Å²) < 4.78 is 16.4. The molecule has 1 aliphatic heterocycles. The van der Waals surface area contributed by atoms with Crippen LogP contribution in [0.15, 0.2) is 24.3 Å². The monoisotopic (exact) mass is 383 g/mol. The molecule has 1 aromatic carbocycles. The number of rotatable bonds is 5. The zero-order valence-electron chi connectivity index (χ0n) is 16.8. The molecule has 0 N–H and O–H groups in total. The molecule has 0 radical (unpaired) electrons. The van der Waals surface area contributed by atoms with Gasteiger partial charge in [0.05, 0.1) is 33.1 Å². The molecule has 28 heavy (non-hydrogen) atoms. The van der Waals surface area contributed by atoms with Crippen molar-refractivity contribution < 1.29 is 14.2 Å². The maximum absolute atomic E-state index is 5.51. The normalized spacial score (nSPS) is 18.1. The molecule has 1 saturated carbocycles. The first-order chi connectivity index (χ1) is 13.8. The predicted octanol–water partition coefficient (Wildman–Crippen LogP) is 4.05. The van der Waals surface area contributed by atoms with Crippen LogP contribution in [0.3, 0.4) is 0 Å². The number of hydrogen-bond acceptors (Lipinski definition) is 6. The lowest BCUT2D eigenvalue weighted by Gasteiger charge is -2.29. The number of nitrogens with zero attached hydrogens (tertiary/aromatic N) is 3. The molecule has 1 aliphatic carbocycles. The fraction of sp³-hybridized carbons (Fsp3) is 0.545. The summed E-state index contributed by atoms with van der Waals surface area (Å²) in [6, 6.07) is 8.14. The maximum Gasteiger partial charge on any atom is 0.226 e. The molecule has 0 bridgehead atoms. The largest absolute Gasteiger partial charge is 0.493 e. The van der Waals surface area contributed by atoms with Crippen molar-refractivity contribution in [2.45, 2.75) is 38.0 Å². The van der Waals surface area contributed by atoms with E-state index in [-0.39, 0.29) is 0 Å². The fourth-order valence-corrected chi connectivity index (χ4v) is 4.11. The van der Waals surface area contributed by atoms with Crippen LogP contribution in [-0.2, 0) is 4.74 Å². The molecule has 6 nitrogen and oxygen atoms in total. The minimum absolute atomic E-state index is 0.524. The van der Waals surface area contributed by atoms with E-state index in [9.17, 15) is 0 Å². The van der Waals surface area contributed by atoms with Gasteiger partial charge in [0.15, 0.2) is 11.5 Å². The van der Waals surface area contributed by atoms with Crippen molar-refractivity contribution in [2.24, 2.45) is 0 Å². The zero-order chi connectivity index (χ0) is 19.3. The van der Waals surface area contributed by atoms with E-state index in [2.05, 4.69) is 11.0 Å². The minimum Gasteiger partial charge on any atom is -0.493 e. The summed E-state index contributed by atoms with van der Waals surface area (Å²) >= 11 is 0. The summed E-state index contributed by atoms with van der Waals surface area (Å²) in [4.78, 5) is 12.1. The maximum atomic E-state index is 5.51. The van der Waals surface area contributed by atoms with Crippen LogP contribution >= 0.6 is 0 Å². The Hall–Kier alpha value is -2.34. The lowest BCUT2D eigenvalue weighted by molar-refractivity contribution is 0.122. The van der Waals surface area contributed by atoms with Gasteiger partial charge in [-0.25, -0.2) is 9.97 Å². The molecule has 0 atom stereocenters. The summed E-state index contributed by atoms with van der Waals surface area (Å²) in [6.07, 6.45) is 6.33. The number of anilines is 1. The van der Waals surface area contributed by atoms with Gasteiger partial charge in [-0.3, -0.25) is 0 Å². The quantitative estimate of drug-likeness (QED) is 0.777. The van der Waals surface area contributed by atoms with Crippen molar-refractivity contribution in [1.29, 1.82) is 0 Å². The molecule has 0 amide bonds. The van der Waals surface area contributed by atoms with Gasteiger partial charge in [-0.15, -0.1) is 0 Å². The van der Waals surface area contributed by atoms with Gasteiger partial charge in [-0.1, -0.05) is 19.3 Å². The van der Waals surface area contributed by atoms with Crippen molar-refractivity contribution in [3.8, 4) is 22.8 Å². The highest BCUT2D eigenvalue weighted by Crippen LogP contribution is 2.36. The van der Waals surface area contributed by atoms with Gasteiger partial charge in [0, 0.05) is 30.3 Å². The standard InChI is InChI=1S/C22H29N3O3/c1-26-20-9-8-17(14-21(20)27-2)19-15-18(16-6-4-3-5-7-16)23-22(24-19)25-10-12-28-13-11-25/h8-9,14-16H,3-7,10-13H2,1-2H3. The Labute approximate surface area is 166 Å². The van der Waals surface area contributed by atoms with Gasteiger partial charge >= 0.3 is 0 Å². The van der Waals surface area contributed by atoms with Gasteiger partial charge < -0.3 is 19.1 Å². The minimum atomic E-state index is 0.524. The van der Waals surface area contributed by atoms with Gasteiger partial charge in [-0.2, -0.15) is 0 Å². The number of morpholine rings is 1. The molecule has 6 heteroatoms. The first-order valence-corrected chi connectivity index (χ1v) is 10.2. The fourth-order valence-electron chi connectivity index (χ4n) is 4.11. The van der Waals surface area contributed by atoms with Crippen molar-refractivity contribution >= 4 is 5.95 Å². The lowest BCUT2D eigenvalue weighted by atomic mass is 9.86. The molecule has 4 rings (SSSR count). The van der Waals surface area contributed by atoms with E-state index in [1.807, 2.05) is 18.2 Å². The molecular formula is C22H29N3O3. The van der Waals surface area contributed by atoms with E-state index in [1.165, 1.54) is 37.8 Å². The molecule has 2 heterocycles. The van der Waals surface area contributed by atoms with E-state index in [4.69, 9.17) is 24.2 Å². The summed E-state index contributed by atoms with van der Waals surface area (Å²) in [7, 11) is 3.31. The average Bonchev–Trinajstić information content (AvgIpc) is 2.79. The van der Waals surface area contributed by atoms with Crippen molar-refractivity contribution in [3.05, 3.63) is 30.0 Å². The summed E-state index contributed by atoms with van der Waals surface area (Å²) in [5.74, 6) is 2.78. The van der Waals surface area contributed by atoms with Crippen LogP contribution in [0.4, 0.5) is 5.95 Å². The van der Waals surface area contributed by atoms with E-state index < -0.39 is 0 Å². The van der Waals surface area contributed by atoms with E-state index >= 15 is 0 Å². The van der Waals surface area contributed by atoms with Crippen molar-refractivity contribution in [3.63, 3.8) is 0 Å². The van der Waals surface area contributed by atoms with Crippen LogP contribution in [0.25, 0.3) is 11.3 Å². The third-order valence-electron chi connectivity index (χ3n) is 5.73. The van der Waals surface area contributed by atoms with Crippen LogP contribution < -0.4 is 14.4 Å². The smallest absolute Gasteiger partial charge is 0.226 e. The van der Waals surface area contributed by atoms with Crippen LogP contribution in [0, 0.1) is 0 Å². The number of aromatic nitrogens is 2. The molecule has 1 aromatic heterocycles. The molecule has 2 aliphatic rings. The van der Waals surface area contributed by atoms with Gasteiger partial charge in [-0.05, 0) is 37.1 Å². The summed E-state index contributed by atoms with van der Waals surface area (Å²) in [5, 5.41) is 0. The lowest BCUT2D eigenvalue weighted by Crippen LogP contribution is -2.37. The zero-order valence-corrected chi connectivity index (χ0v) is 16.8. The number of ether oxygens (including phenoxy) is 3. The molecule has 2 aromatic rings. The SMILES string of the molecule is COc1ccc(-c2cc(C3CCCCC3)nc(N3CCOCC3)n2)cc1OC. The van der Waals surface area contributed by atoms with E-state index in [0.29, 0.717) is 11.7 Å². The summed E-state index contributed by atoms with van der Waals surface area (Å²) in [6.45, 7) is 3.12. The third kappa shape index (κ3) is 4.07. The molecule has 2 fully saturated rings. The highest BCUT2D eigenvalue weighted by molar-refractivity contribution is 5.65. The predicted molar refractivity (Wildman–Crippen MR) is 109 cm³/mol. The Morgan fingerprint density at radius 2 is 1.68 bits per heavy atom. The van der Waals surface area contributed by atoms with Gasteiger partial charge in [0.1, 0.15) is 0 Å². The average molecular weight is 383 g/mol. The number of hydrogen-bond donors (Lipinski definition) is 0. The van der Waals surface area contributed by atoms with Crippen LogP contribution in [0.2, 0.25) is 0 Å². The molecule has 0 unspecified atom stereocenters. The van der Waals surface area contributed by atoms with Crippen LogP contribution in [-0.4, -0.2) is 50.5 Å². The second-order valence-electron chi connectivity index (χ2n) is 7.48. The summed E-state index contributed by atoms with van der Waals surface area (Å²) in [5.41, 5.74) is 3.13. The van der Waals surface area contributed by atoms with E-state index in [1.54, 1.807) is 14.2 Å². The first kappa shape index (κ1) is 19.0. The van der Waals surface area contributed by atoms with Crippen molar-refractivity contribution in [2.75, 3.05) is 45.4 Å². The second-order valence-corrected chi connectivity index (χ2v) is 7.48. The molecule has 150 valence electrons. The Balaban J connectivity index is 1.74. The molecule has 1 saturated heterocycles. The highest BCUT2D eigenvalue weighted by Gasteiger charge is 2.22. The van der Waals surface area contributed by atoms with E-state index in [0.717, 1.165) is 49.3 Å². The number of methoxy groups -OCH3 is 2. The highest BCUT2D eigenvalue weighted by atomic mass is 16.5. The van der Waals surface area contributed by atoms with Gasteiger partial charge in [0.2, 0.25) is 5.95 Å². The first-order valence-electron chi connectivity index (χ1n) is 10.2. The van der Waals surface area contributed by atoms with Crippen LogP contribution in [0.1, 0.15) is 43.7 Å². The third-order valence-corrected chi connectivity index (χ3v) is 5.73. The Bertz CT molecular complexity index is 763. The molecule has 0 spiro atoms. The Morgan fingerprint density at radius 3 is 2.39 bits per heavy atom. The van der Waals surface area contributed by atoms with Gasteiger partial charge in [0.25, 0.3) is 0 Å². The van der Waals surface area contributed by atoms with Crippen LogP contribution in [0.5, 0.6) is 11.5 Å². The number of benzene rings is 1. The topological polar surface area (TPSA) is 56.7 Å². The Morgan fingerprint density at radius 1 is 0.929 bits per heavy atom. The molecular weight excluding hydrogens is 354 g/mol. The van der Waals surface area contributed by atoms with Crippen molar-refractivity contribution in [1.82, 2.24) is 9.97 Å². The Kier molecular flexibility index (Phi) is 5.95.